The van der Waals surface area contributed by atoms with Crippen molar-refractivity contribution in [2.75, 3.05) is 0 Å². The van der Waals surface area contributed by atoms with Crippen LogP contribution in [0.1, 0.15) is 11.3 Å². The Kier molecular flexibility index (Phi) is 2.68. The van der Waals surface area contributed by atoms with Gasteiger partial charge in [-0.3, -0.25) is 4.98 Å². The number of benzene rings is 1. The molecule has 2 heteroatoms. The summed E-state index contributed by atoms with van der Waals surface area (Å²) in [5.74, 6) is 1.62. The molecule has 0 atom stereocenters. The first-order valence-corrected chi connectivity index (χ1v) is 4.91. The van der Waals surface area contributed by atoms with Crippen molar-refractivity contribution in [1.82, 2.24) is 4.98 Å². The summed E-state index contributed by atoms with van der Waals surface area (Å²) in [6.07, 6.45) is 1.73. The van der Waals surface area contributed by atoms with E-state index in [1.54, 1.807) is 6.20 Å². The highest BCUT2D eigenvalue weighted by Gasteiger charge is 1.97. The lowest BCUT2D eigenvalue weighted by Crippen LogP contribution is -1.86. The van der Waals surface area contributed by atoms with Crippen LogP contribution in [-0.2, 0) is 0 Å². The minimum absolute atomic E-state index is 0.770. The quantitative estimate of drug-likeness (QED) is 0.738. The number of nitrogens with zero attached hydrogens (tertiary/aromatic N) is 1. The SMILES string of the molecule is Cc1cccc(Oc2ccc(C)nc2)c1. The molecule has 0 aliphatic carbocycles. The average molecular weight is 199 g/mol. The van der Waals surface area contributed by atoms with Gasteiger partial charge in [0.2, 0.25) is 0 Å². The zero-order valence-electron chi connectivity index (χ0n) is 8.90. The molecular formula is C13H13NO. The topological polar surface area (TPSA) is 22.1 Å². The standard InChI is InChI=1S/C13H13NO/c1-10-4-3-5-12(8-10)15-13-7-6-11(2)14-9-13/h3-9H,1-2H3. The molecule has 0 radical (unpaired) electrons. The van der Waals surface area contributed by atoms with Crippen LogP contribution < -0.4 is 4.74 Å². The fourth-order valence-electron chi connectivity index (χ4n) is 1.33. The molecule has 1 aromatic heterocycles. The van der Waals surface area contributed by atoms with Crippen LogP contribution in [0.5, 0.6) is 11.5 Å². The molecule has 0 N–H and O–H groups in total. The number of ether oxygens (including phenoxy) is 1. The maximum Gasteiger partial charge on any atom is 0.145 e. The summed E-state index contributed by atoms with van der Waals surface area (Å²) in [5, 5.41) is 0. The summed E-state index contributed by atoms with van der Waals surface area (Å²) < 4.78 is 5.65. The Morgan fingerprint density at radius 2 is 1.87 bits per heavy atom. The predicted molar refractivity (Wildman–Crippen MR) is 60.2 cm³/mol. The minimum atomic E-state index is 0.770. The summed E-state index contributed by atoms with van der Waals surface area (Å²) in [5.41, 5.74) is 2.18. The predicted octanol–water partition coefficient (Wildman–Crippen LogP) is 3.49. The Balaban J connectivity index is 2.18. The highest BCUT2D eigenvalue weighted by molar-refractivity contribution is 5.32. The van der Waals surface area contributed by atoms with Crippen LogP contribution in [0.4, 0.5) is 0 Å². The number of aryl methyl sites for hydroxylation is 2. The fraction of sp³-hybridized carbons (Fsp3) is 0.154. The van der Waals surface area contributed by atoms with Gasteiger partial charge in [0.15, 0.2) is 0 Å². The smallest absolute Gasteiger partial charge is 0.145 e. The molecule has 0 amide bonds. The van der Waals surface area contributed by atoms with Crippen molar-refractivity contribution < 1.29 is 4.74 Å². The van der Waals surface area contributed by atoms with Crippen molar-refractivity contribution in [3.05, 3.63) is 53.9 Å². The Labute approximate surface area is 89.6 Å². The van der Waals surface area contributed by atoms with Crippen molar-refractivity contribution in [3.8, 4) is 11.5 Å². The lowest BCUT2D eigenvalue weighted by Gasteiger charge is -2.05. The van der Waals surface area contributed by atoms with E-state index in [0.29, 0.717) is 0 Å². The minimum Gasteiger partial charge on any atom is -0.456 e. The molecule has 0 aliphatic heterocycles. The second kappa shape index (κ2) is 4.13. The van der Waals surface area contributed by atoms with Gasteiger partial charge < -0.3 is 4.74 Å². The van der Waals surface area contributed by atoms with Crippen LogP contribution in [0.3, 0.4) is 0 Å². The molecule has 0 aliphatic rings. The van der Waals surface area contributed by atoms with Gasteiger partial charge in [0, 0.05) is 5.69 Å². The largest absolute Gasteiger partial charge is 0.456 e. The molecule has 15 heavy (non-hydrogen) atoms. The van der Waals surface area contributed by atoms with E-state index in [2.05, 4.69) is 4.98 Å². The second-order valence-electron chi connectivity index (χ2n) is 3.55. The molecule has 1 aromatic carbocycles. The first-order valence-electron chi connectivity index (χ1n) is 4.91. The Bertz CT molecular complexity index is 448. The maximum atomic E-state index is 5.65. The van der Waals surface area contributed by atoms with Gasteiger partial charge in [0.25, 0.3) is 0 Å². The molecule has 76 valence electrons. The van der Waals surface area contributed by atoms with Crippen molar-refractivity contribution in [2.24, 2.45) is 0 Å². The van der Waals surface area contributed by atoms with Crippen molar-refractivity contribution in [1.29, 1.82) is 0 Å². The van der Waals surface area contributed by atoms with Crippen LogP contribution in [0.15, 0.2) is 42.6 Å². The van der Waals surface area contributed by atoms with Gasteiger partial charge in [-0.2, -0.15) is 0 Å². The molecular weight excluding hydrogens is 186 g/mol. The van der Waals surface area contributed by atoms with E-state index in [1.807, 2.05) is 50.2 Å². The molecule has 2 aromatic rings. The highest BCUT2D eigenvalue weighted by atomic mass is 16.5. The summed E-state index contributed by atoms with van der Waals surface area (Å²) in [6, 6.07) is 11.8. The summed E-state index contributed by atoms with van der Waals surface area (Å²) in [4.78, 5) is 4.17. The van der Waals surface area contributed by atoms with Crippen LogP contribution in [0.2, 0.25) is 0 Å². The average Bonchev–Trinajstić information content (AvgIpc) is 2.22. The summed E-state index contributed by atoms with van der Waals surface area (Å²) in [6.45, 7) is 4.00. The third-order valence-corrected chi connectivity index (χ3v) is 2.11. The van der Waals surface area contributed by atoms with E-state index < -0.39 is 0 Å². The van der Waals surface area contributed by atoms with Crippen LogP contribution >= 0.6 is 0 Å². The van der Waals surface area contributed by atoms with Gasteiger partial charge in [0.05, 0.1) is 6.20 Å². The van der Waals surface area contributed by atoms with E-state index >= 15 is 0 Å². The van der Waals surface area contributed by atoms with Crippen LogP contribution in [-0.4, -0.2) is 4.98 Å². The Morgan fingerprint density at radius 3 is 2.53 bits per heavy atom. The first kappa shape index (κ1) is 9.71. The maximum absolute atomic E-state index is 5.65. The number of hydrogen-bond donors (Lipinski definition) is 0. The monoisotopic (exact) mass is 199 g/mol. The van der Waals surface area contributed by atoms with Crippen molar-refractivity contribution in [2.45, 2.75) is 13.8 Å². The number of rotatable bonds is 2. The van der Waals surface area contributed by atoms with E-state index in [-0.39, 0.29) is 0 Å². The molecule has 0 fully saturated rings. The number of aromatic nitrogens is 1. The summed E-state index contributed by atoms with van der Waals surface area (Å²) in [7, 11) is 0. The summed E-state index contributed by atoms with van der Waals surface area (Å²) >= 11 is 0. The van der Waals surface area contributed by atoms with E-state index in [9.17, 15) is 0 Å². The van der Waals surface area contributed by atoms with Gasteiger partial charge in [0.1, 0.15) is 11.5 Å². The zero-order chi connectivity index (χ0) is 10.7. The molecule has 0 saturated heterocycles. The zero-order valence-corrected chi connectivity index (χ0v) is 8.90. The van der Waals surface area contributed by atoms with E-state index in [4.69, 9.17) is 4.74 Å². The molecule has 0 unspecified atom stereocenters. The fourth-order valence-corrected chi connectivity index (χ4v) is 1.33. The molecule has 2 rings (SSSR count). The Morgan fingerprint density at radius 1 is 1.00 bits per heavy atom. The molecule has 1 heterocycles. The third kappa shape index (κ3) is 2.56. The van der Waals surface area contributed by atoms with Crippen LogP contribution in [0, 0.1) is 13.8 Å². The molecule has 0 spiro atoms. The number of hydrogen-bond acceptors (Lipinski definition) is 2. The van der Waals surface area contributed by atoms with Gasteiger partial charge in [-0.25, -0.2) is 0 Å². The second-order valence-corrected chi connectivity index (χ2v) is 3.55. The first-order chi connectivity index (χ1) is 7.24. The van der Waals surface area contributed by atoms with Crippen molar-refractivity contribution >= 4 is 0 Å². The van der Waals surface area contributed by atoms with E-state index in [0.717, 1.165) is 17.2 Å². The normalized spacial score (nSPS) is 10.0. The van der Waals surface area contributed by atoms with Crippen LogP contribution in [0.25, 0.3) is 0 Å². The van der Waals surface area contributed by atoms with E-state index in [1.165, 1.54) is 5.56 Å². The molecule has 2 nitrogen and oxygen atoms in total. The van der Waals surface area contributed by atoms with Gasteiger partial charge >= 0.3 is 0 Å². The van der Waals surface area contributed by atoms with Gasteiger partial charge in [-0.1, -0.05) is 12.1 Å². The molecule has 0 saturated carbocycles. The van der Waals surface area contributed by atoms with Gasteiger partial charge in [-0.15, -0.1) is 0 Å². The lowest BCUT2D eigenvalue weighted by molar-refractivity contribution is 0.479. The number of pyridine rings is 1. The van der Waals surface area contributed by atoms with Crippen molar-refractivity contribution in [3.63, 3.8) is 0 Å². The lowest BCUT2D eigenvalue weighted by atomic mass is 10.2. The Hall–Kier alpha value is -1.83. The molecule has 0 bridgehead atoms. The third-order valence-electron chi connectivity index (χ3n) is 2.11. The highest BCUT2D eigenvalue weighted by Crippen LogP contribution is 2.21. The van der Waals surface area contributed by atoms with Gasteiger partial charge in [-0.05, 0) is 43.7 Å².